The van der Waals surface area contributed by atoms with Crippen LogP contribution in [0.25, 0.3) is 11.0 Å². The lowest BCUT2D eigenvalue weighted by molar-refractivity contribution is -0.120. The Kier molecular flexibility index (Phi) is 5.25. The molecule has 1 unspecified atom stereocenters. The van der Waals surface area contributed by atoms with Gasteiger partial charge in [-0.3, -0.25) is 9.59 Å². The molecule has 0 saturated heterocycles. The number of carbonyl (C=O) groups is 2. The van der Waals surface area contributed by atoms with E-state index in [0.717, 1.165) is 22.7 Å². The summed E-state index contributed by atoms with van der Waals surface area (Å²) in [4.78, 5) is 29.5. The third-order valence-corrected chi connectivity index (χ3v) is 5.63. The fourth-order valence-corrected chi connectivity index (χ4v) is 3.82. The summed E-state index contributed by atoms with van der Waals surface area (Å²) in [6, 6.07) is 4.15. The van der Waals surface area contributed by atoms with E-state index in [2.05, 4.69) is 10.3 Å². The van der Waals surface area contributed by atoms with Crippen LogP contribution in [0.15, 0.2) is 28.8 Å². The smallest absolute Gasteiger partial charge is 0.256 e. The molecule has 152 valence electrons. The number of aliphatic hydroxyl groups is 1. The van der Waals surface area contributed by atoms with Crippen LogP contribution in [-0.4, -0.2) is 34.6 Å². The molecule has 3 aromatic rings. The van der Waals surface area contributed by atoms with Crippen LogP contribution < -0.4 is 15.8 Å². The molecule has 1 fully saturated rings. The normalized spacial score (nSPS) is 14.7. The van der Waals surface area contributed by atoms with Crippen molar-refractivity contribution in [3.63, 3.8) is 0 Å². The second-order valence-corrected chi connectivity index (χ2v) is 8.34. The monoisotopic (exact) mass is 415 g/mol. The highest BCUT2D eigenvalue weighted by molar-refractivity contribution is 7.11. The highest BCUT2D eigenvalue weighted by atomic mass is 32.1. The van der Waals surface area contributed by atoms with Gasteiger partial charge in [0.05, 0.1) is 22.1 Å². The van der Waals surface area contributed by atoms with Gasteiger partial charge in [-0.25, -0.2) is 4.98 Å². The number of benzene rings is 1. The van der Waals surface area contributed by atoms with Crippen molar-refractivity contribution < 1.29 is 23.8 Å². The van der Waals surface area contributed by atoms with Gasteiger partial charge in [-0.1, -0.05) is 0 Å². The van der Waals surface area contributed by atoms with Crippen LogP contribution in [0.5, 0.6) is 5.75 Å². The molecule has 29 heavy (non-hydrogen) atoms. The number of carbonyl (C=O) groups excluding carboxylic acids is 2. The minimum Gasteiger partial charge on any atom is -0.488 e. The SMILES string of the molecule is Cc1ncc(COc2ccc3oc(C4CC4)c(C(=O)NC(CO)C(N)=O)c3c2)s1. The number of thiazole rings is 1. The fourth-order valence-electron chi connectivity index (χ4n) is 3.12. The zero-order valence-electron chi connectivity index (χ0n) is 15.8. The summed E-state index contributed by atoms with van der Waals surface area (Å²) in [5.74, 6) is 0.0568. The maximum absolute atomic E-state index is 12.9. The van der Waals surface area contributed by atoms with E-state index in [4.69, 9.17) is 14.9 Å². The number of primary amides is 1. The van der Waals surface area contributed by atoms with Gasteiger partial charge in [0.15, 0.2) is 0 Å². The van der Waals surface area contributed by atoms with Crippen molar-refractivity contribution in [2.45, 2.75) is 38.3 Å². The van der Waals surface area contributed by atoms with Crippen molar-refractivity contribution in [3.8, 4) is 5.75 Å². The number of aromatic nitrogens is 1. The zero-order chi connectivity index (χ0) is 20.5. The first-order valence-corrected chi connectivity index (χ1v) is 10.1. The second-order valence-electron chi connectivity index (χ2n) is 7.02. The molecule has 2 amide bonds. The van der Waals surface area contributed by atoms with Crippen molar-refractivity contribution in [2.75, 3.05) is 6.61 Å². The largest absolute Gasteiger partial charge is 0.488 e. The molecule has 1 atom stereocenters. The predicted octanol–water partition coefficient (Wildman–Crippen LogP) is 2.23. The molecule has 0 spiro atoms. The van der Waals surface area contributed by atoms with Crippen LogP contribution in [0.2, 0.25) is 0 Å². The third-order valence-electron chi connectivity index (χ3n) is 4.74. The van der Waals surface area contributed by atoms with Gasteiger partial charge in [0.2, 0.25) is 5.91 Å². The van der Waals surface area contributed by atoms with E-state index < -0.39 is 24.5 Å². The summed E-state index contributed by atoms with van der Waals surface area (Å²) in [6.07, 6.45) is 3.65. The first kappa shape index (κ1) is 19.4. The van der Waals surface area contributed by atoms with Gasteiger partial charge >= 0.3 is 0 Å². The molecule has 0 bridgehead atoms. The first-order valence-electron chi connectivity index (χ1n) is 9.28. The molecule has 2 aromatic heterocycles. The van der Waals surface area contributed by atoms with Gasteiger partial charge in [-0.05, 0) is 38.0 Å². The van der Waals surface area contributed by atoms with E-state index in [1.54, 1.807) is 35.7 Å². The fraction of sp³-hybridized carbons (Fsp3) is 0.350. The van der Waals surface area contributed by atoms with E-state index in [0.29, 0.717) is 34.6 Å². The van der Waals surface area contributed by atoms with Gasteiger partial charge < -0.3 is 25.3 Å². The molecule has 8 nitrogen and oxygen atoms in total. The number of aryl methyl sites for hydroxylation is 1. The molecule has 0 radical (unpaired) electrons. The highest BCUT2D eigenvalue weighted by Crippen LogP contribution is 2.45. The van der Waals surface area contributed by atoms with Crippen molar-refractivity contribution in [2.24, 2.45) is 5.73 Å². The van der Waals surface area contributed by atoms with Crippen LogP contribution in [0.1, 0.15) is 44.8 Å². The van der Waals surface area contributed by atoms with Crippen LogP contribution in [0, 0.1) is 6.92 Å². The number of aliphatic hydroxyl groups excluding tert-OH is 1. The lowest BCUT2D eigenvalue weighted by Crippen LogP contribution is -2.46. The number of hydrogen-bond donors (Lipinski definition) is 3. The Labute approximate surface area is 170 Å². The van der Waals surface area contributed by atoms with Gasteiger partial charge in [-0.2, -0.15) is 0 Å². The summed E-state index contributed by atoms with van der Waals surface area (Å²) >= 11 is 1.56. The molecular weight excluding hydrogens is 394 g/mol. The predicted molar refractivity (Wildman–Crippen MR) is 107 cm³/mol. The standard InChI is InChI=1S/C20H21N3O5S/c1-10-22-7-13(29-10)9-27-12-4-5-16-14(6-12)17(18(28-16)11-2-3-11)20(26)23-15(8-24)19(21)25/h4-7,11,15,24H,2-3,8-9H2,1H3,(H2,21,25)(H,23,26). The van der Waals surface area contributed by atoms with Gasteiger partial charge in [0.25, 0.3) is 5.91 Å². The lowest BCUT2D eigenvalue weighted by atomic mass is 10.1. The number of nitrogens with zero attached hydrogens (tertiary/aromatic N) is 1. The van der Waals surface area contributed by atoms with E-state index in [1.807, 2.05) is 6.92 Å². The van der Waals surface area contributed by atoms with Crippen LogP contribution >= 0.6 is 11.3 Å². The number of furan rings is 1. The van der Waals surface area contributed by atoms with Crippen molar-refractivity contribution in [3.05, 3.63) is 45.6 Å². The molecule has 1 aliphatic rings. The summed E-state index contributed by atoms with van der Waals surface area (Å²) in [7, 11) is 0. The van der Waals surface area contributed by atoms with Gasteiger partial charge in [0.1, 0.15) is 29.7 Å². The summed E-state index contributed by atoms with van der Waals surface area (Å²) < 4.78 is 11.8. The Balaban J connectivity index is 1.64. The quantitative estimate of drug-likeness (QED) is 0.518. The van der Waals surface area contributed by atoms with Crippen LogP contribution in [0.4, 0.5) is 0 Å². The Morgan fingerprint density at radius 3 is 2.86 bits per heavy atom. The first-order chi connectivity index (χ1) is 14.0. The van der Waals surface area contributed by atoms with E-state index in [-0.39, 0.29) is 5.92 Å². The average Bonchev–Trinajstić information content (AvgIpc) is 3.35. The third kappa shape index (κ3) is 4.10. The average molecular weight is 415 g/mol. The minimum absolute atomic E-state index is 0.175. The second kappa shape index (κ2) is 7.84. The Hall–Kier alpha value is -2.91. The maximum Gasteiger partial charge on any atom is 0.256 e. The molecule has 1 saturated carbocycles. The Morgan fingerprint density at radius 2 is 2.24 bits per heavy atom. The van der Waals surface area contributed by atoms with Crippen LogP contribution in [-0.2, 0) is 11.4 Å². The maximum atomic E-state index is 12.9. The topological polar surface area (TPSA) is 128 Å². The molecule has 1 aliphatic carbocycles. The van der Waals surface area contributed by atoms with Crippen molar-refractivity contribution in [1.29, 1.82) is 0 Å². The van der Waals surface area contributed by atoms with E-state index in [1.165, 1.54) is 0 Å². The van der Waals surface area contributed by atoms with E-state index in [9.17, 15) is 14.7 Å². The van der Waals surface area contributed by atoms with Crippen molar-refractivity contribution >= 4 is 34.1 Å². The highest BCUT2D eigenvalue weighted by Gasteiger charge is 2.34. The van der Waals surface area contributed by atoms with Crippen LogP contribution in [0.3, 0.4) is 0 Å². The zero-order valence-corrected chi connectivity index (χ0v) is 16.6. The number of amides is 2. The Bertz CT molecular complexity index is 1070. The minimum atomic E-state index is -1.16. The molecule has 4 rings (SSSR count). The number of ether oxygens (including phenoxy) is 1. The molecular formula is C20H21N3O5S. The molecule has 2 heterocycles. The molecule has 9 heteroatoms. The molecule has 4 N–H and O–H groups in total. The lowest BCUT2D eigenvalue weighted by Gasteiger charge is -2.12. The molecule has 1 aromatic carbocycles. The number of rotatable bonds is 8. The van der Waals surface area contributed by atoms with E-state index >= 15 is 0 Å². The van der Waals surface area contributed by atoms with Gasteiger partial charge in [0, 0.05) is 17.5 Å². The van der Waals surface area contributed by atoms with Gasteiger partial charge in [-0.15, -0.1) is 11.3 Å². The summed E-state index contributed by atoms with van der Waals surface area (Å²) in [5.41, 5.74) is 6.16. The number of nitrogens with two attached hydrogens (primary N) is 1. The van der Waals surface area contributed by atoms with Crippen molar-refractivity contribution in [1.82, 2.24) is 10.3 Å². The summed E-state index contributed by atoms with van der Waals surface area (Å²) in [5, 5.41) is 13.4. The summed E-state index contributed by atoms with van der Waals surface area (Å²) in [6.45, 7) is 1.74. The Morgan fingerprint density at radius 1 is 1.45 bits per heavy atom. The number of fused-ring (bicyclic) bond motifs is 1. The number of hydrogen-bond acceptors (Lipinski definition) is 7. The number of nitrogens with one attached hydrogen (secondary N) is 1. The molecule has 0 aliphatic heterocycles.